The summed E-state index contributed by atoms with van der Waals surface area (Å²) in [6.45, 7) is 2.04. The second-order valence-electron chi connectivity index (χ2n) is 3.91. The van der Waals surface area contributed by atoms with Crippen LogP contribution in [0.5, 0.6) is 5.75 Å². The molecule has 94 valence electrons. The predicted molar refractivity (Wildman–Crippen MR) is 74.8 cm³/mol. The minimum atomic E-state index is 0.0427. The van der Waals surface area contributed by atoms with Crippen LogP contribution in [0.15, 0.2) is 59.5 Å². The van der Waals surface area contributed by atoms with E-state index in [1.54, 1.807) is 7.11 Å². The van der Waals surface area contributed by atoms with Gasteiger partial charge in [0.05, 0.1) is 13.2 Å². The van der Waals surface area contributed by atoms with E-state index in [2.05, 4.69) is 0 Å². The summed E-state index contributed by atoms with van der Waals surface area (Å²) in [7, 11) is 1.67. The summed E-state index contributed by atoms with van der Waals surface area (Å²) in [6.07, 6.45) is 0.0427. The maximum absolute atomic E-state index is 5.76. The molecule has 0 aliphatic rings. The quantitative estimate of drug-likeness (QED) is 0.738. The van der Waals surface area contributed by atoms with E-state index in [0.717, 1.165) is 16.2 Å². The first-order valence-electron chi connectivity index (χ1n) is 5.82. The van der Waals surface area contributed by atoms with Crippen molar-refractivity contribution in [2.24, 2.45) is 0 Å². The number of hydrogen-bond acceptors (Lipinski definition) is 3. The Balaban J connectivity index is 1.93. The minimum absolute atomic E-state index is 0.0427. The van der Waals surface area contributed by atoms with Gasteiger partial charge in [0.1, 0.15) is 5.75 Å². The zero-order valence-electron chi connectivity index (χ0n) is 10.5. The van der Waals surface area contributed by atoms with E-state index in [0.29, 0.717) is 0 Å². The number of hydrogen-bond donors (Lipinski definition) is 0. The molecule has 0 aromatic heterocycles. The molecule has 2 aromatic carbocycles. The van der Waals surface area contributed by atoms with Crippen LogP contribution in [0.4, 0.5) is 0 Å². The van der Waals surface area contributed by atoms with Gasteiger partial charge >= 0.3 is 0 Å². The zero-order chi connectivity index (χ0) is 12.8. The highest BCUT2D eigenvalue weighted by molar-refractivity contribution is 7.94. The highest BCUT2D eigenvalue weighted by Gasteiger charge is 2.07. The van der Waals surface area contributed by atoms with Gasteiger partial charge in [-0.2, -0.15) is 0 Å². The molecule has 1 unspecified atom stereocenters. The number of methoxy groups -OCH3 is 1. The maximum Gasteiger partial charge on any atom is 0.118 e. The Morgan fingerprint density at radius 1 is 0.944 bits per heavy atom. The van der Waals surface area contributed by atoms with Crippen molar-refractivity contribution >= 4 is 12.0 Å². The lowest BCUT2D eigenvalue weighted by atomic mass is 10.1. The molecule has 0 heterocycles. The fourth-order valence-corrected chi connectivity index (χ4v) is 2.17. The van der Waals surface area contributed by atoms with Crippen LogP contribution in [-0.4, -0.2) is 7.11 Å². The maximum atomic E-state index is 5.76. The van der Waals surface area contributed by atoms with Crippen LogP contribution in [0.3, 0.4) is 0 Å². The molecule has 0 radical (unpaired) electrons. The second kappa shape index (κ2) is 6.47. The van der Waals surface area contributed by atoms with Crippen LogP contribution in [-0.2, 0) is 4.18 Å². The van der Waals surface area contributed by atoms with Crippen LogP contribution in [0.25, 0.3) is 0 Å². The molecule has 0 spiro atoms. The van der Waals surface area contributed by atoms with Gasteiger partial charge in [-0.05, 0) is 36.8 Å². The molecule has 0 saturated heterocycles. The Morgan fingerprint density at radius 3 is 2.22 bits per heavy atom. The average molecular weight is 260 g/mol. The second-order valence-corrected chi connectivity index (χ2v) is 4.74. The molecule has 18 heavy (non-hydrogen) atoms. The predicted octanol–water partition coefficient (Wildman–Crippen LogP) is 4.48. The Morgan fingerprint density at radius 2 is 1.61 bits per heavy atom. The first-order valence-corrected chi connectivity index (χ1v) is 6.56. The zero-order valence-corrected chi connectivity index (χ0v) is 11.3. The lowest BCUT2D eigenvalue weighted by Crippen LogP contribution is -1.94. The van der Waals surface area contributed by atoms with Gasteiger partial charge in [-0.15, -0.1) is 0 Å². The van der Waals surface area contributed by atoms with Crippen molar-refractivity contribution in [2.75, 3.05) is 7.11 Å². The molecule has 0 aliphatic heterocycles. The average Bonchev–Trinajstić information content (AvgIpc) is 2.46. The summed E-state index contributed by atoms with van der Waals surface area (Å²) >= 11 is 1.40. The van der Waals surface area contributed by atoms with Crippen molar-refractivity contribution in [1.29, 1.82) is 0 Å². The van der Waals surface area contributed by atoms with Gasteiger partial charge in [-0.1, -0.05) is 30.3 Å². The molecule has 1 atom stereocenters. The van der Waals surface area contributed by atoms with E-state index in [9.17, 15) is 0 Å². The number of benzene rings is 2. The molecule has 0 amide bonds. The summed E-state index contributed by atoms with van der Waals surface area (Å²) < 4.78 is 10.9. The van der Waals surface area contributed by atoms with E-state index in [4.69, 9.17) is 8.92 Å². The van der Waals surface area contributed by atoms with Crippen molar-refractivity contribution in [3.63, 3.8) is 0 Å². The smallest absolute Gasteiger partial charge is 0.118 e. The number of ether oxygens (including phenoxy) is 1. The van der Waals surface area contributed by atoms with Gasteiger partial charge in [-0.3, -0.25) is 0 Å². The van der Waals surface area contributed by atoms with Crippen LogP contribution in [0.1, 0.15) is 18.6 Å². The highest BCUT2D eigenvalue weighted by atomic mass is 32.2. The normalized spacial score (nSPS) is 12.1. The summed E-state index contributed by atoms with van der Waals surface area (Å²) in [6, 6.07) is 18.0. The first kappa shape index (κ1) is 13.0. The first-order chi connectivity index (χ1) is 8.79. The fourth-order valence-electron chi connectivity index (χ4n) is 1.53. The lowest BCUT2D eigenvalue weighted by molar-refractivity contribution is 0.272. The van der Waals surface area contributed by atoms with E-state index in [1.165, 1.54) is 12.0 Å². The fraction of sp³-hybridized carbons (Fsp3) is 0.200. The van der Waals surface area contributed by atoms with E-state index in [-0.39, 0.29) is 6.10 Å². The molecular formula is C15H16O2S. The SMILES string of the molecule is COc1ccc(C(C)OSc2ccccc2)cc1. The standard InChI is InChI=1S/C15H16O2S/c1-12(13-8-10-14(16-2)11-9-13)17-18-15-6-4-3-5-7-15/h3-12H,1-2H3. The Kier molecular flexibility index (Phi) is 4.67. The van der Waals surface area contributed by atoms with Crippen molar-refractivity contribution in [3.8, 4) is 5.75 Å². The topological polar surface area (TPSA) is 18.5 Å². The monoisotopic (exact) mass is 260 g/mol. The molecule has 0 aliphatic carbocycles. The Bertz CT molecular complexity index is 468. The molecule has 2 rings (SSSR count). The van der Waals surface area contributed by atoms with E-state index >= 15 is 0 Å². The van der Waals surface area contributed by atoms with Crippen molar-refractivity contribution < 1.29 is 8.92 Å². The molecule has 2 nitrogen and oxygen atoms in total. The van der Waals surface area contributed by atoms with Crippen LogP contribution in [0.2, 0.25) is 0 Å². The van der Waals surface area contributed by atoms with Crippen LogP contribution >= 0.6 is 12.0 Å². The Hall–Kier alpha value is -1.45. The highest BCUT2D eigenvalue weighted by Crippen LogP contribution is 2.28. The third kappa shape index (κ3) is 3.52. The van der Waals surface area contributed by atoms with Gasteiger partial charge in [0.2, 0.25) is 0 Å². The van der Waals surface area contributed by atoms with Gasteiger partial charge in [0.15, 0.2) is 0 Å². The molecule has 2 aromatic rings. The summed E-state index contributed by atoms with van der Waals surface area (Å²) in [5.74, 6) is 0.863. The van der Waals surface area contributed by atoms with E-state index in [1.807, 2.05) is 61.5 Å². The van der Waals surface area contributed by atoms with Crippen molar-refractivity contribution in [1.82, 2.24) is 0 Å². The molecule has 0 fully saturated rings. The van der Waals surface area contributed by atoms with Gasteiger partial charge in [0, 0.05) is 16.9 Å². The van der Waals surface area contributed by atoms with Crippen molar-refractivity contribution in [3.05, 3.63) is 60.2 Å². The van der Waals surface area contributed by atoms with Gasteiger partial charge < -0.3 is 8.92 Å². The largest absolute Gasteiger partial charge is 0.497 e. The third-order valence-electron chi connectivity index (χ3n) is 2.62. The van der Waals surface area contributed by atoms with Gasteiger partial charge in [-0.25, -0.2) is 0 Å². The molecule has 3 heteroatoms. The van der Waals surface area contributed by atoms with E-state index < -0.39 is 0 Å². The minimum Gasteiger partial charge on any atom is -0.497 e. The summed E-state index contributed by atoms with van der Waals surface area (Å²) in [4.78, 5) is 1.11. The Labute approximate surface area is 112 Å². The molecule has 0 bridgehead atoms. The van der Waals surface area contributed by atoms with Crippen LogP contribution in [0, 0.1) is 0 Å². The molecule has 0 saturated carbocycles. The lowest BCUT2D eigenvalue weighted by Gasteiger charge is -2.12. The summed E-state index contributed by atoms with van der Waals surface area (Å²) in [5, 5.41) is 0. The van der Waals surface area contributed by atoms with Crippen molar-refractivity contribution in [2.45, 2.75) is 17.9 Å². The van der Waals surface area contributed by atoms with Gasteiger partial charge in [0.25, 0.3) is 0 Å². The molecular weight excluding hydrogens is 244 g/mol. The summed E-state index contributed by atoms with van der Waals surface area (Å²) in [5.41, 5.74) is 1.14. The van der Waals surface area contributed by atoms with Crippen LogP contribution < -0.4 is 4.74 Å². The number of rotatable bonds is 5. The molecule has 0 N–H and O–H groups in total. The third-order valence-corrected chi connectivity index (χ3v) is 3.47.